The Bertz CT molecular complexity index is 600. The van der Waals surface area contributed by atoms with Crippen LogP contribution in [-0.2, 0) is 11.3 Å². The highest BCUT2D eigenvalue weighted by atomic mass is 19.1. The lowest BCUT2D eigenvalue weighted by molar-refractivity contribution is -0.127. The van der Waals surface area contributed by atoms with E-state index in [1.165, 1.54) is 19.1 Å². The number of aromatic nitrogens is 2. The van der Waals surface area contributed by atoms with Gasteiger partial charge in [-0.05, 0) is 19.1 Å². The van der Waals surface area contributed by atoms with Crippen LogP contribution in [0.15, 0.2) is 28.8 Å². The van der Waals surface area contributed by atoms with Crippen LogP contribution in [-0.4, -0.2) is 22.2 Å². The third kappa shape index (κ3) is 3.53. The van der Waals surface area contributed by atoms with Gasteiger partial charge in [0.1, 0.15) is 0 Å². The molecule has 20 heavy (non-hydrogen) atoms. The maximum atomic E-state index is 13.4. The van der Waals surface area contributed by atoms with E-state index < -0.39 is 17.8 Å². The second-order valence-corrected chi connectivity index (χ2v) is 4.14. The number of benzene rings is 1. The zero-order valence-electron chi connectivity index (χ0n) is 11.1. The van der Waals surface area contributed by atoms with Crippen molar-refractivity contribution in [3.8, 4) is 5.75 Å². The molecular formula is C13H14FN3O3. The fourth-order valence-electron chi connectivity index (χ4n) is 1.51. The monoisotopic (exact) mass is 279 g/mol. The highest BCUT2D eigenvalue weighted by molar-refractivity contribution is 5.80. The lowest BCUT2D eigenvalue weighted by Crippen LogP contribution is -2.36. The molecule has 2 rings (SSSR count). The first kappa shape index (κ1) is 14.0. The maximum absolute atomic E-state index is 13.4. The van der Waals surface area contributed by atoms with Crippen LogP contribution in [0.3, 0.4) is 0 Å². The van der Waals surface area contributed by atoms with Crippen molar-refractivity contribution >= 4 is 5.91 Å². The normalized spacial score (nSPS) is 11.9. The van der Waals surface area contributed by atoms with Crippen LogP contribution in [0.25, 0.3) is 0 Å². The number of hydrogen-bond donors (Lipinski definition) is 1. The summed E-state index contributed by atoms with van der Waals surface area (Å²) < 4.78 is 23.4. The van der Waals surface area contributed by atoms with Gasteiger partial charge >= 0.3 is 0 Å². The fraction of sp³-hybridized carbons (Fsp3) is 0.308. The first-order chi connectivity index (χ1) is 9.56. The summed E-state index contributed by atoms with van der Waals surface area (Å²) in [7, 11) is 0. The average Bonchev–Trinajstić information content (AvgIpc) is 2.84. The molecule has 1 aromatic carbocycles. The van der Waals surface area contributed by atoms with E-state index in [4.69, 9.17) is 9.26 Å². The predicted octanol–water partition coefficient (Wildman–Crippen LogP) is 1.60. The Morgan fingerprint density at radius 2 is 2.25 bits per heavy atom. The van der Waals surface area contributed by atoms with E-state index in [1.807, 2.05) is 0 Å². The van der Waals surface area contributed by atoms with Crippen molar-refractivity contribution in [3.05, 3.63) is 41.8 Å². The molecule has 0 radical (unpaired) electrons. The average molecular weight is 279 g/mol. The maximum Gasteiger partial charge on any atom is 0.261 e. The number of carbonyl (C=O) groups excluding carboxylic acids is 1. The van der Waals surface area contributed by atoms with Crippen LogP contribution in [0, 0.1) is 12.7 Å². The van der Waals surface area contributed by atoms with Crippen LogP contribution >= 0.6 is 0 Å². The first-order valence-corrected chi connectivity index (χ1v) is 6.04. The number of amides is 1. The Hall–Kier alpha value is -2.44. The van der Waals surface area contributed by atoms with Crippen LogP contribution in [0.4, 0.5) is 4.39 Å². The van der Waals surface area contributed by atoms with Gasteiger partial charge in [0.05, 0.1) is 6.54 Å². The number of halogens is 1. The van der Waals surface area contributed by atoms with Gasteiger partial charge < -0.3 is 14.6 Å². The Balaban J connectivity index is 1.87. The highest BCUT2D eigenvalue weighted by Gasteiger charge is 2.16. The smallest absolute Gasteiger partial charge is 0.261 e. The second-order valence-electron chi connectivity index (χ2n) is 4.14. The lowest BCUT2D eigenvalue weighted by Gasteiger charge is -2.14. The van der Waals surface area contributed by atoms with E-state index in [9.17, 15) is 9.18 Å². The van der Waals surface area contributed by atoms with E-state index in [0.29, 0.717) is 11.7 Å². The summed E-state index contributed by atoms with van der Waals surface area (Å²) in [5, 5.41) is 6.22. The molecule has 0 aliphatic rings. The third-order valence-electron chi connectivity index (χ3n) is 2.50. The molecule has 0 aliphatic heterocycles. The van der Waals surface area contributed by atoms with Crippen molar-refractivity contribution in [2.24, 2.45) is 0 Å². The highest BCUT2D eigenvalue weighted by Crippen LogP contribution is 2.16. The molecule has 1 atom stereocenters. The molecule has 1 aromatic heterocycles. The zero-order valence-corrected chi connectivity index (χ0v) is 11.1. The van der Waals surface area contributed by atoms with Crippen molar-refractivity contribution in [2.75, 3.05) is 0 Å². The van der Waals surface area contributed by atoms with E-state index in [0.717, 1.165) is 0 Å². The molecular weight excluding hydrogens is 265 g/mol. The predicted molar refractivity (Wildman–Crippen MR) is 67.4 cm³/mol. The van der Waals surface area contributed by atoms with Crippen molar-refractivity contribution in [2.45, 2.75) is 26.5 Å². The van der Waals surface area contributed by atoms with E-state index in [1.54, 1.807) is 19.1 Å². The minimum Gasteiger partial charge on any atom is -0.478 e. The summed E-state index contributed by atoms with van der Waals surface area (Å²) in [6.45, 7) is 3.31. The summed E-state index contributed by atoms with van der Waals surface area (Å²) in [5.74, 6) is -0.0824. The first-order valence-electron chi connectivity index (χ1n) is 6.04. The Morgan fingerprint density at radius 1 is 1.50 bits per heavy atom. The van der Waals surface area contributed by atoms with Crippen molar-refractivity contribution < 1.29 is 18.4 Å². The number of hydrogen-bond acceptors (Lipinski definition) is 5. The summed E-state index contributed by atoms with van der Waals surface area (Å²) in [4.78, 5) is 15.7. The molecule has 0 saturated carbocycles. The van der Waals surface area contributed by atoms with Gasteiger partial charge in [-0.15, -0.1) is 0 Å². The molecule has 7 heteroatoms. The molecule has 0 saturated heterocycles. The summed E-state index contributed by atoms with van der Waals surface area (Å²) in [6.07, 6.45) is -0.833. The minimum atomic E-state index is -0.833. The molecule has 0 unspecified atom stereocenters. The fourth-order valence-corrected chi connectivity index (χ4v) is 1.51. The Labute approximate surface area is 114 Å². The van der Waals surface area contributed by atoms with Crippen LogP contribution < -0.4 is 10.1 Å². The van der Waals surface area contributed by atoms with Crippen molar-refractivity contribution in [3.63, 3.8) is 0 Å². The molecule has 0 spiro atoms. The molecule has 1 N–H and O–H groups in total. The van der Waals surface area contributed by atoms with Gasteiger partial charge in [-0.2, -0.15) is 4.98 Å². The van der Waals surface area contributed by atoms with Gasteiger partial charge in [-0.3, -0.25) is 4.79 Å². The van der Waals surface area contributed by atoms with E-state index in [2.05, 4.69) is 15.5 Å². The van der Waals surface area contributed by atoms with Crippen molar-refractivity contribution in [1.82, 2.24) is 15.5 Å². The standard InChI is InChI=1S/C13H14FN3O3/c1-8(19-11-6-4-3-5-10(11)14)13(18)15-7-12-16-9(2)20-17-12/h3-6,8H,7H2,1-2H3,(H,15,18)/t8-/m0/s1. The minimum absolute atomic E-state index is 0.0329. The Morgan fingerprint density at radius 3 is 2.90 bits per heavy atom. The summed E-state index contributed by atoms with van der Waals surface area (Å²) in [5.41, 5.74) is 0. The van der Waals surface area contributed by atoms with Gasteiger partial charge in [0.15, 0.2) is 23.5 Å². The van der Waals surface area contributed by atoms with Gasteiger partial charge in [0.25, 0.3) is 5.91 Å². The van der Waals surface area contributed by atoms with Gasteiger partial charge in [-0.25, -0.2) is 4.39 Å². The zero-order chi connectivity index (χ0) is 14.5. The number of nitrogens with zero attached hydrogens (tertiary/aromatic N) is 2. The topological polar surface area (TPSA) is 77.2 Å². The van der Waals surface area contributed by atoms with Crippen LogP contribution in [0.2, 0.25) is 0 Å². The van der Waals surface area contributed by atoms with E-state index >= 15 is 0 Å². The quantitative estimate of drug-likeness (QED) is 0.899. The summed E-state index contributed by atoms with van der Waals surface area (Å²) >= 11 is 0. The number of aryl methyl sites for hydroxylation is 1. The van der Waals surface area contributed by atoms with Crippen molar-refractivity contribution in [1.29, 1.82) is 0 Å². The van der Waals surface area contributed by atoms with Gasteiger partial charge in [0, 0.05) is 6.92 Å². The molecule has 2 aromatic rings. The molecule has 0 aliphatic carbocycles. The number of ether oxygens (including phenoxy) is 1. The molecule has 106 valence electrons. The summed E-state index contributed by atoms with van der Waals surface area (Å²) in [6, 6.07) is 5.90. The largest absolute Gasteiger partial charge is 0.478 e. The molecule has 6 nitrogen and oxygen atoms in total. The van der Waals surface area contributed by atoms with Gasteiger partial charge in [-0.1, -0.05) is 17.3 Å². The second kappa shape index (κ2) is 6.14. The van der Waals surface area contributed by atoms with Gasteiger partial charge in [0.2, 0.25) is 5.89 Å². The number of rotatable bonds is 5. The molecule has 0 fully saturated rings. The Kier molecular flexibility index (Phi) is 4.29. The SMILES string of the molecule is Cc1nc(CNC(=O)[C@H](C)Oc2ccccc2F)no1. The molecule has 0 bridgehead atoms. The number of nitrogens with one attached hydrogen (secondary N) is 1. The third-order valence-corrected chi connectivity index (χ3v) is 2.50. The number of carbonyl (C=O) groups is 1. The molecule has 1 heterocycles. The molecule has 1 amide bonds. The van der Waals surface area contributed by atoms with E-state index in [-0.39, 0.29) is 12.3 Å². The number of para-hydroxylation sites is 1. The van der Waals surface area contributed by atoms with Crippen LogP contribution in [0.1, 0.15) is 18.6 Å². The van der Waals surface area contributed by atoms with Crippen LogP contribution in [0.5, 0.6) is 5.75 Å². The lowest BCUT2D eigenvalue weighted by atomic mass is 10.3.